The zero-order chi connectivity index (χ0) is 48.1. The monoisotopic (exact) mass is 1020 g/mol. The molecule has 17 nitrogen and oxygen atoms in total. The number of hydrazine groups is 2. The molecule has 1 fully saturated rings. The minimum absolute atomic E-state index is 0.0256. The number of nitrogens with zero attached hydrogens (tertiary/aromatic N) is 2. The predicted molar refractivity (Wildman–Crippen MR) is 245 cm³/mol. The zero-order valence-electron chi connectivity index (χ0n) is 34.8. The van der Waals surface area contributed by atoms with Gasteiger partial charge in [-0.2, -0.15) is 17.2 Å². The number of ether oxygens (including phenoxy) is 2. The van der Waals surface area contributed by atoms with Gasteiger partial charge in [-0.3, -0.25) is 19.2 Å². The summed E-state index contributed by atoms with van der Waals surface area (Å²) in [4.78, 5) is 51.0. The number of fused-ring (bicyclic) bond motifs is 2. The number of esters is 1. The fourth-order valence-electron chi connectivity index (χ4n) is 7.94. The Labute approximate surface area is 396 Å². The van der Waals surface area contributed by atoms with Crippen molar-refractivity contribution in [3.63, 3.8) is 0 Å². The van der Waals surface area contributed by atoms with Crippen LogP contribution < -0.4 is 35.6 Å². The van der Waals surface area contributed by atoms with Gasteiger partial charge in [-0.05, 0) is 84.3 Å². The first kappa shape index (κ1) is 47.6. The van der Waals surface area contributed by atoms with Crippen LogP contribution in [0.25, 0.3) is 0 Å². The van der Waals surface area contributed by atoms with Crippen molar-refractivity contribution in [3.8, 4) is 0 Å². The third-order valence-corrected chi connectivity index (χ3v) is 15.5. The predicted octanol–water partition coefficient (Wildman–Crippen LogP) is 7.29. The van der Waals surface area contributed by atoms with E-state index in [1.807, 2.05) is 0 Å². The number of sulfonamides is 2. The lowest BCUT2D eigenvalue weighted by molar-refractivity contribution is -0.147. The number of nitrogens with one attached hydrogen (secondary N) is 5. The highest BCUT2D eigenvalue weighted by Gasteiger charge is 2.51. The fraction of sp³-hybridized carbons (Fsp3) is 0.209. The van der Waals surface area contributed by atoms with Crippen molar-refractivity contribution in [2.24, 2.45) is 5.92 Å². The minimum atomic E-state index is -4.60. The molecule has 5 aromatic carbocycles. The molecule has 350 valence electrons. The highest BCUT2D eigenvalue weighted by atomic mass is 35.5. The Morgan fingerprint density at radius 3 is 1.97 bits per heavy atom. The van der Waals surface area contributed by atoms with Crippen LogP contribution in [-0.4, -0.2) is 59.2 Å². The lowest BCUT2D eigenvalue weighted by Crippen LogP contribution is -2.44. The number of hydrogen-bond acceptors (Lipinski definition) is 12. The van der Waals surface area contributed by atoms with Gasteiger partial charge in [0, 0.05) is 31.3 Å². The van der Waals surface area contributed by atoms with Gasteiger partial charge in [0.1, 0.15) is 11.6 Å². The molecule has 0 aromatic heterocycles. The van der Waals surface area contributed by atoms with Gasteiger partial charge in [0.2, 0.25) is 5.91 Å². The first-order valence-electron chi connectivity index (χ1n) is 20.0. The molecule has 3 aliphatic heterocycles. The molecule has 24 heteroatoms. The molecule has 4 unspecified atom stereocenters. The summed E-state index contributed by atoms with van der Waals surface area (Å²) in [5.41, 5.74) is 4.36. The quantitative estimate of drug-likeness (QED) is 0.0778. The number of benzene rings is 5. The van der Waals surface area contributed by atoms with E-state index in [-0.39, 0.29) is 67.8 Å². The van der Waals surface area contributed by atoms with Gasteiger partial charge >= 0.3 is 5.97 Å². The first-order chi connectivity index (χ1) is 31.8. The summed E-state index contributed by atoms with van der Waals surface area (Å²) in [6.45, 7) is 1.29. The highest BCUT2D eigenvalue weighted by Crippen LogP contribution is 2.45. The molecular weight excluding hydrogens is 983 g/mol. The lowest BCUT2D eigenvalue weighted by Gasteiger charge is -2.25. The van der Waals surface area contributed by atoms with Crippen LogP contribution in [0.1, 0.15) is 57.7 Å². The first-order valence-corrected chi connectivity index (χ1v) is 24.0. The minimum Gasteiger partial charge on any atom is -0.469 e. The van der Waals surface area contributed by atoms with Crippen LogP contribution in [0, 0.1) is 17.6 Å². The van der Waals surface area contributed by atoms with E-state index in [4.69, 9.17) is 44.3 Å². The maximum Gasteiger partial charge on any atom is 0.311 e. The Kier molecular flexibility index (Phi) is 13.2. The average Bonchev–Trinajstić information content (AvgIpc) is 4.00. The molecule has 0 radical (unpaired) electrons. The van der Waals surface area contributed by atoms with Crippen LogP contribution in [0.2, 0.25) is 15.1 Å². The second kappa shape index (κ2) is 18.6. The van der Waals surface area contributed by atoms with Gasteiger partial charge in [-0.15, -0.1) is 0 Å². The highest BCUT2D eigenvalue weighted by molar-refractivity contribution is 7.93. The molecule has 4 atom stereocenters. The lowest BCUT2D eigenvalue weighted by atomic mass is 9.93. The van der Waals surface area contributed by atoms with E-state index in [9.17, 15) is 44.8 Å². The van der Waals surface area contributed by atoms with Gasteiger partial charge in [-0.25, -0.2) is 28.1 Å². The number of carbonyl (C=O) groups is 4. The van der Waals surface area contributed by atoms with Crippen molar-refractivity contribution in [2.45, 2.75) is 48.8 Å². The van der Waals surface area contributed by atoms with Crippen LogP contribution in [0.4, 0.5) is 37.2 Å². The maximum atomic E-state index is 14.7. The summed E-state index contributed by atoms with van der Waals surface area (Å²) in [6.07, 6.45) is -1.82. The summed E-state index contributed by atoms with van der Waals surface area (Å²) in [5.74, 6) is -6.04. The normalized spacial score (nSPS) is 18.9. The third kappa shape index (κ3) is 9.25. The van der Waals surface area contributed by atoms with E-state index in [2.05, 4.69) is 26.8 Å². The molecule has 0 bridgehead atoms. The maximum absolute atomic E-state index is 14.7. The Morgan fingerprint density at radius 1 is 0.776 bits per heavy atom. The number of anilines is 5. The van der Waals surface area contributed by atoms with Crippen LogP contribution in [0.15, 0.2) is 95.9 Å². The van der Waals surface area contributed by atoms with Crippen molar-refractivity contribution in [1.29, 1.82) is 0 Å². The molecule has 67 heavy (non-hydrogen) atoms. The van der Waals surface area contributed by atoms with Crippen LogP contribution in [-0.2, 0) is 45.7 Å². The van der Waals surface area contributed by atoms with E-state index in [1.165, 1.54) is 73.7 Å². The molecule has 5 N–H and O–H groups in total. The van der Waals surface area contributed by atoms with Crippen molar-refractivity contribution in [2.75, 3.05) is 31.9 Å². The molecule has 0 spiro atoms. The Balaban J connectivity index is 1.09. The smallest absolute Gasteiger partial charge is 0.311 e. The number of hydrogen-bond donors (Lipinski definition) is 5. The largest absolute Gasteiger partial charge is 0.469 e. The number of methoxy groups -OCH3 is 1. The molecule has 0 aliphatic carbocycles. The van der Waals surface area contributed by atoms with Gasteiger partial charge in [0.05, 0.1) is 73.3 Å². The summed E-state index contributed by atoms with van der Waals surface area (Å²) >= 11 is 18.6. The number of halogens is 5. The standard InChI is InChI=1S/C43H36Cl3F2N7O10S2/c1-21(56)50-33-14-12-25(17-30(33)46)66(60,61)55-36-16-24(52-42(58)40-29(45)6-4-8-32(40)48)11-13-26(36)34(53-55)19-37-27(43(59)64-2)18-38(65-37)67(62,63)54-35-15-23(10-9-22(35)20-49-54)51-41(57)39-28(44)5-3-7-31(39)47/h3-17,27,34,37-38,49,53H,18-20H2,1-2H3,(H,50,56)(H,51,57)(H,52,58). The Hall–Kier alpha value is -5.91. The van der Waals surface area contributed by atoms with E-state index >= 15 is 0 Å². The van der Waals surface area contributed by atoms with Crippen LogP contribution in [0.3, 0.4) is 0 Å². The van der Waals surface area contributed by atoms with Crippen molar-refractivity contribution < 1.29 is 54.3 Å². The van der Waals surface area contributed by atoms with Gasteiger partial charge < -0.3 is 25.4 Å². The number of rotatable bonds is 12. The van der Waals surface area contributed by atoms with Crippen molar-refractivity contribution in [1.82, 2.24) is 10.9 Å². The summed E-state index contributed by atoms with van der Waals surface area (Å²) in [6, 6.07) is 18.7. The van der Waals surface area contributed by atoms with Crippen molar-refractivity contribution >= 4 is 107 Å². The SMILES string of the molecule is COC(=O)C1CC(S(=O)(=O)N2NCc3ccc(NC(=O)c4c(F)cccc4Cl)cc32)OC1CC1NN(S(=O)(=O)c2ccc(NC(C)=O)c(Cl)c2)c2cc(NC(=O)c3c(F)cccc3Cl)ccc21. The Bertz CT molecular complexity index is 3080. The summed E-state index contributed by atoms with van der Waals surface area (Å²) < 4.78 is 100.0. The van der Waals surface area contributed by atoms with Gasteiger partial charge in [-0.1, -0.05) is 59.1 Å². The molecule has 1 saturated heterocycles. The fourth-order valence-corrected chi connectivity index (χ4v) is 11.8. The molecule has 5 aromatic rings. The van der Waals surface area contributed by atoms with E-state index < -0.39 is 90.0 Å². The molecule has 3 heterocycles. The summed E-state index contributed by atoms with van der Waals surface area (Å²) in [5, 5.41) is 7.16. The molecule has 8 rings (SSSR count). The Morgan fingerprint density at radius 2 is 1.39 bits per heavy atom. The average molecular weight is 1020 g/mol. The molecule has 3 aliphatic rings. The van der Waals surface area contributed by atoms with Gasteiger partial charge in [0.25, 0.3) is 31.9 Å². The topological polar surface area (TPSA) is 222 Å². The summed E-state index contributed by atoms with van der Waals surface area (Å²) in [7, 11) is -8.02. The third-order valence-electron chi connectivity index (χ3n) is 11.1. The second-order valence-corrected chi connectivity index (χ2v) is 20.3. The van der Waals surface area contributed by atoms with Crippen LogP contribution in [0.5, 0.6) is 0 Å². The second-order valence-electron chi connectivity index (χ2n) is 15.3. The van der Waals surface area contributed by atoms with E-state index in [0.29, 0.717) is 11.1 Å². The number of amides is 3. The molecular formula is C43H36Cl3F2N7O10S2. The van der Waals surface area contributed by atoms with E-state index in [1.54, 1.807) is 6.07 Å². The van der Waals surface area contributed by atoms with Gasteiger partial charge in [0.15, 0.2) is 5.44 Å². The van der Waals surface area contributed by atoms with E-state index in [0.717, 1.165) is 34.1 Å². The zero-order valence-corrected chi connectivity index (χ0v) is 38.7. The number of carbonyl (C=O) groups excluding carboxylic acids is 4. The van der Waals surface area contributed by atoms with Crippen LogP contribution >= 0.6 is 34.8 Å². The molecule has 0 saturated carbocycles. The van der Waals surface area contributed by atoms with Crippen molar-refractivity contribution in [3.05, 3.63) is 140 Å². The molecule has 3 amide bonds.